The summed E-state index contributed by atoms with van der Waals surface area (Å²) in [5, 5.41) is 4.80. The lowest BCUT2D eigenvalue weighted by Crippen LogP contribution is -2.61. The van der Waals surface area contributed by atoms with E-state index in [0.717, 1.165) is 62.0 Å². The fraction of sp³-hybridized carbons (Fsp3) is 0. The fourth-order valence-electron chi connectivity index (χ4n) is 17.2. The number of nitrogens with zero attached hydrogens (tertiary/aromatic N) is 6. The summed E-state index contributed by atoms with van der Waals surface area (Å²) in [5.74, 6) is 0. The van der Waals surface area contributed by atoms with Gasteiger partial charge in [-0.2, -0.15) is 0 Å². The van der Waals surface area contributed by atoms with E-state index in [0.29, 0.717) is 0 Å². The standard InChI is InChI=1S/C90H58B2N6/c1-7-27-59(28-8-1)61-31-23-41-67(51-61)93(68-42-24-32-62(52-68)60-29-9-2-10-30-60)69-53-72-70-55-76-86(96(65-37-15-5-16-38-65)82-49-25-47-80-88(82)91(76)74-43-19-21-45-78(74)94(80)63-33-11-3-12-34-63)57-84(70)98-85-58-87-77(56-71(85)73(54-69)90(72)98)92-75-44-20-22-46-79(75)95(64-35-13-4-14-36-64)81-48-26-50-83(89(81)92)97(87)66-39-17-6-18-40-66/h1-58H. The lowest BCUT2D eigenvalue weighted by molar-refractivity contribution is 1.25. The van der Waals surface area contributed by atoms with Crippen LogP contribution in [0.4, 0.5) is 85.3 Å². The molecular formula is C90H58B2N6. The molecule has 0 atom stereocenters. The number of hydrogen-bond acceptors (Lipinski definition) is 5. The van der Waals surface area contributed by atoms with E-state index in [1.807, 2.05) is 0 Å². The van der Waals surface area contributed by atoms with Crippen LogP contribution in [0, 0.1) is 0 Å². The van der Waals surface area contributed by atoms with Crippen LogP contribution in [0.15, 0.2) is 352 Å². The average Bonchev–Trinajstić information content (AvgIpc) is 1.31. The summed E-state index contributed by atoms with van der Waals surface area (Å²) >= 11 is 0. The molecule has 0 radical (unpaired) electrons. The zero-order valence-corrected chi connectivity index (χ0v) is 53.3. The zero-order valence-electron chi connectivity index (χ0n) is 53.3. The number of hydrogen-bond donors (Lipinski definition) is 0. The molecule has 21 rings (SSSR count). The minimum Gasteiger partial charge on any atom is -0.311 e. The molecule has 6 nitrogen and oxygen atoms in total. The highest BCUT2D eigenvalue weighted by atomic mass is 15.2. The van der Waals surface area contributed by atoms with E-state index < -0.39 is 0 Å². The van der Waals surface area contributed by atoms with Crippen molar-refractivity contribution in [1.82, 2.24) is 4.40 Å². The van der Waals surface area contributed by atoms with Crippen molar-refractivity contribution in [3.8, 4) is 22.3 Å². The van der Waals surface area contributed by atoms with Gasteiger partial charge in [-0.25, -0.2) is 0 Å². The van der Waals surface area contributed by atoms with E-state index in [9.17, 15) is 0 Å². The second-order valence-corrected chi connectivity index (χ2v) is 26.3. The second kappa shape index (κ2) is 21.4. The summed E-state index contributed by atoms with van der Waals surface area (Å²) in [6.07, 6.45) is 0. The Balaban J connectivity index is 0.894. The van der Waals surface area contributed by atoms with Crippen LogP contribution in [-0.4, -0.2) is 17.8 Å². The molecule has 0 N–H and O–H groups in total. The molecule has 0 aliphatic carbocycles. The van der Waals surface area contributed by atoms with Gasteiger partial charge in [-0.3, -0.25) is 0 Å². The molecule has 0 unspecified atom stereocenters. The van der Waals surface area contributed by atoms with E-state index in [-0.39, 0.29) is 13.4 Å². The van der Waals surface area contributed by atoms with Gasteiger partial charge in [-0.15, -0.1) is 0 Å². The second-order valence-electron chi connectivity index (χ2n) is 26.3. The number of para-hydroxylation sites is 6. The van der Waals surface area contributed by atoms with Gasteiger partial charge in [-0.1, -0.05) is 218 Å². The molecule has 4 aliphatic heterocycles. The van der Waals surface area contributed by atoms with Crippen molar-refractivity contribution in [3.05, 3.63) is 352 Å². The van der Waals surface area contributed by atoms with Gasteiger partial charge in [0.25, 0.3) is 13.4 Å². The van der Waals surface area contributed by atoms with Gasteiger partial charge in [-0.05, 0) is 188 Å². The molecule has 6 heterocycles. The van der Waals surface area contributed by atoms with Crippen molar-refractivity contribution >= 4 is 170 Å². The van der Waals surface area contributed by atoms with Crippen molar-refractivity contribution in [1.29, 1.82) is 0 Å². The molecule has 4 aliphatic rings. The molecule has 0 bridgehead atoms. The molecule has 454 valence electrons. The SMILES string of the molecule is c1ccc(-c2cccc(N(c3cccc(-c4ccccc4)c3)c3cc4c5cc6c(cc5n5c7cc8c(cc7c(c3)c45)B3c4ccccc4N(c4ccccc4)c4cccc(c43)N8c3ccccc3)N(c3ccccc3)c3cccc4c3B6c3ccccc3N4c3ccccc3)c2)cc1. The molecule has 0 fully saturated rings. The Bertz CT molecular complexity index is 5680. The summed E-state index contributed by atoms with van der Waals surface area (Å²) in [6.45, 7) is -0.169. The maximum atomic E-state index is 2.64. The van der Waals surface area contributed by atoms with Gasteiger partial charge in [0.15, 0.2) is 0 Å². The summed E-state index contributed by atoms with van der Waals surface area (Å²) < 4.78 is 2.64. The number of aromatic nitrogens is 1. The molecule has 0 amide bonds. The van der Waals surface area contributed by atoms with Gasteiger partial charge in [0.1, 0.15) is 0 Å². The maximum absolute atomic E-state index is 2.64. The average molecular weight is 1250 g/mol. The molecule has 98 heavy (non-hydrogen) atoms. The highest BCUT2D eigenvalue weighted by Gasteiger charge is 2.46. The largest absolute Gasteiger partial charge is 0.311 e. The van der Waals surface area contributed by atoms with Crippen molar-refractivity contribution in [3.63, 3.8) is 0 Å². The Hall–Kier alpha value is -12.8. The Kier molecular flexibility index (Phi) is 11.9. The number of rotatable bonds is 9. The lowest BCUT2D eigenvalue weighted by Gasteiger charge is -2.44. The Morgan fingerprint density at radius 3 is 0.918 bits per heavy atom. The van der Waals surface area contributed by atoms with Crippen molar-refractivity contribution in [2.45, 2.75) is 0 Å². The number of anilines is 15. The van der Waals surface area contributed by atoms with Crippen LogP contribution in [-0.2, 0) is 0 Å². The van der Waals surface area contributed by atoms with Gasteiger partial charge < -0.3 is 28.9 Å². The van der Waals surface area contributed by atoms with Crippen molar-refractivity contribution in [2.24, 2.45) is 0 Å². The summed E-state index contributed by atoms with van der Waals surface area (Å²) in [7, 11) is 0. The van der Waals surface area contributed by atoms with E-state index in [4.69, 9.17) is 0 Å². The Labute approximate surface area is 569 Å². The van der Waals surface area contributed by atoms with Crippen LogP contribution in [0.5, 0.6) is 0 Å². The van der Waals surface area contributed by atoms with E-state index in [2.05, 4.69) is 381 Å². The van der Waals surface area contributed by atoms with Crippen LogP contribution in [0.3, 0.4) is 0 Å². The van der Waals surface area contributed by atoms with Crippen molar-refractivity contribution < 1.29 is 0 Å². The summed E-state index contributed by atoms with van der Waals surface area (Å²) in [5.41, 5.74) is 33.0. The Morgan fingerprint density at radius 1 is 0.214 bits per heavy atom. The first-order chi connectivity index (χ1) is 48.7. The highest BCUT2D eigenvalue weighted by molar-refractivity contribution is 7.01. The van der Waals surface area contributed by atoms with Crippen LogP contribution in [0.1, 0.15) is 0 Å². The van der Waals surface area contributed by atoms with Crippen LogP contribution in [0.25, 0.3) is 60.3 Å². The molecule has 2 aromatic heterocycles. The van der Waals surface area contributed by atoms with Crippen molar-refractivity contribution in [2.75, 3.05) is 24.5 Å². The first kappa shape index (κ1) is 54.6. The molecule has 0 saturated carbocycles. The third-order valence-electron chi connectivity index (χ3n) is 21.2. The molecule has 0 spiro atoms. The van der Waals surface area contributed by atoms with Gasteiger partial charge in [0, 0.05) is 107 Å². The monoisotopic (exact) mass is 1240 g/mol. The molecular weight excluding hydrogens is 1190 g/mol. The maximum Gasteiger partial charge on any atom is 0.252 e. The fourth-order valence-corrected chi connectivity index (χ4v) is 17.2. The van der Waals surface area contributed by atoms with Crippen LogP contribution in [0.2, 0.25) is 0 Å². The summed E-state index contributed by atoms with van der Waals surface area (Å²) in [4.78, 5) is 12.6. The highest BCUT2D eigenvalue weighted by Crippen LogP contribution is 2.52. The quantitative estimate of drug-likeness (QED) is 0.134. The smallest absolute Gasteiger partial charge is 0.252 e. The molecule has 8 heteroatoms. The normalized spacial score (nSPS) is 13.2. The predicted octanol–water partition coefficient (Wildman–Crippen LogP) is 19.8. The predicted molar refractivity (Wildman–Crippen MR) is 415 cm³/mol. The molecule has 17 aromatic rings. The first-order valence-electron chi connectivity index (χ1n) is 34.0. The minimum atomic E-state index is -0.0847. The van der Waals surface area contributed by atoms with Gasteiger partial charge >= 0.3 is 0 Å². The van der Waals surface area contributed by atoms with Gasteiger partial charge in [0.2, 0.25) is 0 Å². The van der Waals surface area contributed by atoms with Gasteiger partial charge in [0.05, 0.1) is 16.6 Å². The topological polar surface area (TPSA) is 20.6 Å². The van der Waals surface area contributed by atoms with E-state index >= 15 is 0 Å². The van der Waals surface area contributed by atoms with E-state index in [1.54, 1.807) is 0 Å². The van der Waals surface area contributed by atoms with Crippen LogP contribution < -0.4 is 57.3 Å². The third-order valence-corrected chi connectivity index (χ3v) is 21.2. The summed E-state index contributed by atoms with van der Waals surface area (Å²) in [6, 6.07) is 131. The minimum absolute atomic E-state index is 0.0847. The van der Waals surface area contributed by atoms with E-state index in [1.165, 1.54) is 116 Å². The third kappa shape index (κ3) is 8.00. The number of benzene rings is 15. The first-order valence-corrected chi connectivity index (χ1v) is 34.0. The zero-order chi connectivity index (χ0) is 64.1. The Morgan fingerprint density at radius 2 is 0.531 bits per heavy atom. The molecule has 15 aromatic carbocycles. The molecule has 0 saturated heterocycles. The number of fused-ring (bicyclic) bond motifs is 14. The van der Waals surface area contributed by atoms with Crippen LogP contribution >= 0.6 is 0 Å². The lowest BCUT2D eigenvalue weighted by atomic mass is 9.33.